The Morgan fingerprint density at radius 1 is 0.508 bits per heavy atom. The van der Waals surface area contributed by atoms with Crippen molar-refractivity contribution >= 4 is 11.9 Å². The van der Waals surface area contributed by atoms with Gasteiger partial charge >= 0.3 is 5.97 Å². The number of hydrogen-bond donors (Lipinski definition) is 3. The molecule has 3 unspecified atom stereocenters. The van der Waals surface area contributed by atoms with Crippen molar-refractivity contribution in [2.75, 3.05) is 6.61 Å². The van der Waals surface area contributed by atoms with Crippen molar-refractivity contribution in [3.63, 3.8) is 0 Å². The molecule has 0 aliphatic rings. The average Bonchev–Trinajstić information content (AvgIpc) is 3.23. The molecule has 1 amide bonds. The van der Waals surface area contributed by atoms with Gasteiger partial charge in [0.1, 0.15) is 6.10 Å². The van der Waals surface area contributed by atoms with E-state index >= 15 is 0 Å². The molecule has 0 bridgehead atoms. The zero-order valence-corrected chi connectivity index (χ0v) is 39.4. The molecule has 0 aromatic carbocycles. The highest BCUT2D eigenvalue weighted by molar-refractivity contribution is 5.77. The number of aliphatic hydroxyl groups excluding tert-OH is 2. The van der Waals surface area contributed by atoms with Crippen LogP contribution in [0.4, 0.5) is 0 Å². The Morgan fingerprint density at radius 3 is 1.44 bits per heavy atom. The molecule has 0 saturated carbocycles. The lowest BCUT2D eigenvalue weighted by atomic mass is 10.0. The molecule has 6 heteroatoms. The van der Waals surface area contributed by atoms with Crippen molar-refractivity contribution in [3.05, 3.63) is 36.5 Å². The van der Waals surface area contributed by atoms with E-state index in [2.05, 4.69) is 62.5 Å². The summed E-state index contributed by atoms with van der Waals surface area (Å²) in [7, 11) is 0. The Morgan fingerprint density at radius 2 is 0.915 bits per heavy atom. The lowest BCUT2D eigenvalue weighted by Gasteiger charge is -2.24. The van der Waals surface area contributed by atoms with Crippen LogP contribution in [0.15, 0.2) is 36.5 Å². The summed E-state index contributed by atoms with van der Waals surface area (Å²) in [6.07, 6.45) is 54.9. The predicted molar refractivity (Wildman–Crippen MR) is 255 cm³/mol. The number of allylic oxidation sites excluding steroid dienone is 6. The number of nitrogens with one attached hydrogen (secondary N) is 1. The van der Waals surface area contributed by atoms with E-state index in [9.17, 15) is 19.8 Å². The zero-order valence-electron chi connectivity index (χ0n) is 39.4. The Hall–Kier alpha value is -1.92. The van der Waals surface area contributed by atoms with E-state index in [1.807, 2.05) is 0 Å². The molecule has 0 saturated heterocycles. The van der Waals surface area contributed by atoms with Gasteiger partial charge in [0.15, 0.2) is 0 Å². The summed E-state index contributed by atoms with van der Waals surface area (Å²) in [5.41, 5.74) is 0. The first-order valence-corrected chi connectivity index (χ1v) is 25.7. The standard InChI is InChI=1S/C53H99NO5/c1-4-7-10-13-16-19-22-24-26-27-28-30-33-36-39-42-45-51(56)50(48-55)54-52(57)47-49(44-41-38-35-32-21-18-15-12-9-6-3)59-53(58)46-43-40-37-34-31-29-25-23-20-17-14-11-8-5-2/h8,11,17-18,20-21,49-51,55-56H,4-7,9-10,12-16,19,22-48H2,1-3H3,(H,54,57)/b11-8+,20-17+,21-18-. The topological polar surface area (TPSA) is 95.9 Å². The third-order valence-corrected chi connectivity index (χ3v) is 11.7. The molecule has 0 rings (SSSR count). The summed E-state index contributed by atoms with van der Waals surface area (Å²) in [6, 6.07) is -0.705. The fourth-order valence-corrected chi connectivity index (χ4v) is 7.82. The molecule has 0 aromatic rings. The van der Waals surface area contributed by atoms with Crippen molar-refractivity contribution in [3.8, 4) is 0 Å². The molecule has 0 aliphatic heterocycles. The average molecular weight is 830 g/mol. The first-order chi connectivity index (χ1) is 29.0. The number of esters is 1. The van der Waals surface area contributed by atoms with E-state index in [1.54, 1.807) is 0 Å². The summed E-state index contributed by atoms with van der Waals surface area (Å²) in [4.78, 5) is 26.1. The van der Waals surface area contributed by atoms with Crippen LogP contribution in [0.3, 0.4) is 0 Å². The number of unbranched alkanes of at least 4 members (excludes halogenated alkanes) is 28. The van der Waals surface area contributed by atoms with E-state index in [1.165, 1.54) is 135 Å². The Balaban J connectivity index is 4.47. The summed E-state index contributed by atoms with van der Waals surface area (Å²) >= 11 is 0. The number of ether oxygens (including phenoxy) is 1. The Kier molecular flexibility index (Phi) is 45.6. The fourth-order valence-electron chi connectivity index (χ4n) is 7.82. The highest BCUT2D eigenvalue weighted by Gasteiger charge is 2.24. The van der Waals surface area contributed by atoms with Crippen LogP contribution in [0.25, 0.3) is 0 Å². The lowest BCUT2D eigenvalue weighted by Crippen LogP contribution is -2.46. The molecular formula is C53H99NO5. The summed E-state index contributed by atoms with van der Waals surface area (Å²) in [5.74, 6) is -0.493. The van der Waals surface area contributed by atoms with Crippen LogP contribution in [-0.4, -0.2) is 46.9 Å². The van der Waals surface area contributed by atoms with E-state index in [4.69, 9.17) is 4.74 Å². The second kappa shape index (κ2) is 47.1. The van der Waals surface area contributed by atoms with Gasteiger partial charge in [-0.25, -0.2) is 0 Å². The van der Waals surface area contributed by atoms with Crippen molar-refractivity contribution in [1.82, 2.24) is 5.32 Å². The summed E-state index contributed by atoms with van der Waals surface area (Å²) in [6.45, 7) is 6.36. The molecular weight excluding hydrogens is 731 g/mol. The van der Waals surface area contributed by atoms with E-state index < -0.39 is 18.2 Å². The predicted octanol–water partition coefficient (Wildman–Crippen LogP) is 15.3. The molecule has 0 aromatic heterocycles. The van der Waals surface area contributed by atoms with Crippen LogP contribution in [0.1, 0.15) is 265 Å². The van der Waals surface area contributed by atoms with Gasteiger partial charge in [-0.05, 0) is 77.0 Å². The first-order valence-electron chi connectivity index (χ1n) is 25.7. The van der Waals surface area contributed by atoms with Gasteiger partial charge < -0.3 is 20.3 Å². The summed E-state index contributed by atoms with van der Waals surface area (Å²) in [5, 5.41) is 23.8. The molecule has 0 fully saturated rings. The molecule has 3 atom stereocenters. The largest absolute Gasteiger partial charge is 0.462 e. The van der Waals surface area contributed by atoms with Crippen LogP contribution in [0.5, 0.6) is 0 Å². The van der Waals surface area contributed by atoms with Gasteiger partial charge in [-0.1, -0.05) is 211 Å². The van der Waals surface area contributed by atoms with Gasteiger partial charge in [0.05, 0.1) is 25.2 Å². The van der Waals surface area contributed by atoms with Crippen LogP contribution in [0.2, 0.25) is 0 Å². The van der Waals surface area contributed by atoms with E-state index in [0.29, 0.717) is 19.3 Å². The molecule has 3 N–H and O–H groups in total. The van der Waals surface area contributed by atoms with Crippen molar-refractivity contribution < 1.29 is 24.5 Å². The van der Waals surface area contributed by atoms with Crippen LogP contribution >= 0.6 is 0 Å². The molecule has 346 valence electrons. The highest BCUT2D eigenvalue weighted by Crippen LogP contribution is 2.18. The van der Waals surface area contributed by atoms with Crippen molar-refractivity contribution in [1.29, 1.82) is 0 Å². The second-order valence-electron chi connectivity index (χ2n) is 17.5. The molecule has 6 nitrogen and oxygen atoms in total. The van der Waals surface area contributed by atoms with Crippen molar-refractivity contribution in [2.24, 2.45) is 0 Å². The number of carbonyl (C=O) groups excluding carboxylic acids is 2. The Bertz CT molecular complexity index is 977. The third kappa shape index (κ3) is 42.6. The maximum Gasteiger partial charge on any atom is 0.306 e. The summed E-state index contributed by atoms with van der Waals surface area (Å²) < 4.78 is 5.91. The monoisotopic (exact) mass is 830 g/mol. The normalized spacial score (nSPS) is 13.5. The zero-order chi connectivity index (χ0) is 43.1. The maximum atomic E-state index is 13.2. The second-order valence-corrected chi connectivity index (χ2v) is 17.5. The van der Waals surface area contributed by atoms with Gasteiger partial charge in [0, 0.05) is 6.42 Å². The van der Waals surface area contributed by atoms with Crippen LogP contribution in [-0.2, 0) is 14.3 Å². The van der Waals surface area contributed by atoms with E-state index in [-0.39, 0.29) is 24.9 Å². The Labute approximate surface area is 366 Å². The van der Waals surface area contributed by atoms with Gasteiger partial charge in [-0.15, -0.1) is 0 Å². The fraction of sp³-hybridized carbons (Fsp3) is 0.849. The number of carbonyl (C=O) groups is 2. The molecule has 0 radical (unpaired) electrons. The van der Waals surface area contributed by atoms with Crippen molar-refractivity contribution in [2.45, 2.75) is 283 Å². The van der Waals surface area contributed by atoms with Gasteiger partial charge in [-0.2, -0.15) is 0 Å². The number of aliphatic hydroxyl groups is 2. The van der Waals surface area contributed by atoms with Crippen LogP contribution in [0, 0.1) is 0 Å². The highest BCUT2D eigenvalue weighted by atomic mass is 16.5. The van der Waals surface area contributed by atoms with Gasteiger partial charge in [-0.3, -0.25) is 9.59 Å². The smallest absolute Gasteiger partial charge is 0.306 e. The minimum Gasteiger partial charge on any atom is -0.462 e. The lowest BCUT2D eigenvalue weighted by molar-refractivity contribution is -0.151. The SMILES string of the molecule is CC/C=C/C/C=C/CCCCCCCCCC(=O)OC(CCCCC/C=C\CCCCC)CC(=O)NC(CO)C(O)CCCCCCCCCCCCCCCCCC. The number of rotatable bonds is 46. The minimum absolute atomic E-state index is 0.0654. The molecule has 0 spiro atoms. The minimum atomic E-state index is -0.790. The van der Waals surface area contributed by atoms with Gasteiger partial charge in [0.25, 0.3) is 0 Å². The molecule has 0 heterocycles. The van der Waals surface area contributed by atoms with Crippen LogP contribution < -0.4 is 5.32 Å². The third-order valence-electron chi connectivity index (χ3n) is 11.7. The number of hydrogen-bond acceptors (Lipinski definition) is 5. The number of amides is 1. The van der Waals surface area contributed by atoms with E-state index in [0.717, 1.165) is 83.5 Å². The first kappa shape index (κ1) is 57.1. The quantitative estimate of drug-likeness (QED) is 0.0323. The molecule has 59 heavy (non-hydrogen) atoms. The molecule has 0 aliphatic carbocycles. The van der Waals surface area contributed by atoms with Gasteiger partial charge in [0.2, 0.25) is 5.91 Å². The maximum absolute atomic E-state index is 13.2.